The van der Waals surface area contributed by atoms with E-state index in [1.54, 1.807) is 6.26 Å². The molecule has 1 aliphatic heterocycles. The van der Waals surface area contributed by atoms with Crippen LogP contribution in [0.15, 0.2) is 34.9 Å². The van der Waals surface area contributed by atoms with Crippen LogP contribution in [-0.2, 0) is 11.3 Å². The van der Waals surface area contributed by atoms with Crippen molar-refractivity contribution in [1.29, 1.82) is 0 Å². The number of benzene rings is 1. The Labute approximate surface area is 133 Å². The van der Waals surface area contributed by atoms with Crippen LogP contribution in [0.4, 0.5) is 0 Å². The number of carboxylic acids is 1. The van der Waals surface area contributed by atoms with Gasteiger partial charge in [-0.05, 0) is 18.9 Å². The van der Waals surface area contributed by atoms with Gasteiger partial charge in [0.2, 0.25) is 0 Å². The number of hydrogen-bond donors (Lipinski definition) is 1. The molecule has 1 unspecified atom stereocenters. The zero-order chi connectivity index (χ0) is 15.8. The number of rotatable bonds is 4. The molecule has 0 spiro atoms. The Hall–Kier alpha value is -2.34. The van der Waals surface area contributed by atoms with Crippen LogP contribution in [-0.4, -0.2) is 34.1 Å². The van der Waals surface area contributed by atoms with Gasteiger partial charge in [0.25, 0.3) is 0 Å². The van der Waals surface area contributed by atoms with E-state index in [0.29, 0.717) is 36.9 Å². The number of hydrogen-bond acceptors (Lipinski definition) is 5. The first-order chi connectivity index (χ1) is 11.2. The van der Waals surface area contributed by atoms with Crippen molar-refractivity contribution in [2.45, 2.75) is 31.3 Å². The maximum atomic E-state index is 11.9. The van der Waals surface area contributed by atoms with Crippen LogP contribution in [0.3, 0.4) is 0 Å². The summed E-state index contributed by atoms with van der Waals surface area (Å²) in [6.07, 6.45) is 3.90. The number of nitrogens with zero attached hydrogens (tertiary/aromatic N) is 2. The predicted molar refractivity (Wildman–Crippen MR) is 81.2 cm³/mol. The van der Waals surface area contributed by atoms with Crippen molar-refractivity contribution in [2.24, 2.45) is 0 Å². The van der Waals surface area contributed by atoms with Crippen molar-refractivity contribution in [3.63, 3.8) is 0 Å². The summed E-state index contributed by atoms with van der Waals surface area (Å²) in [7, 11) is 0. The first-order valence-electron chi connectivity index (χ1n) is 7.85. The number of carboxylic acid groups (broad SMARTS) is 1. The van der Waals surface area contributed by atoms with E-state index in [2.05, 4.69) is 4.98 Å². The third-order valence-corrected chi connectivity index (χ3v) is 4.31. The molecule has 0 amide bonds. The Morgan fingerprint density at radius 1 is 1.35 bits per heavy atom. The van der Waals surface area contributed by atoms with Gasteiger partial charge in [-0.3, -0.25) is 9.69 Å². The molecule has 6 nitrogen and oxygen atoms in total. The molecule has 23 heavy (non-hydrogen) atoms. The number of oxazole rings is 1. The van der Waals surface area contributed by atoms with Crippen molar-refractivity contribution >= 4 is 5.97 Å². The fourth-order valence-electron chi connectivity index (χ4n) is 3.02. The monoisotopic (exact) mass is 314 g/mol. The van der Waals surface area contributed by atoms with Crippen LogP contribution < -0.4 is 4.74 Å². The van der Waals surface area contributed by atoms with Gasteiger partial charge in [0, 0.05) is 24.6 Å². The second kappa shape index (κ2) is 5.70. The highest BCUT2D eigenvalue weighted by Gasteiger charge is 2.33. The van der Waals surface area contributed by atoms with Gasteiger partial charge >= 0.3 is 5.97 Å². The molecule has 1 fully saturated rings. The van der Waals surface area contributed by atoms with E-state index in [1.807, 2.05) is 29.2 Å². The largest absolute Gasteiger partial charge is 0.492 e. The van der Waals surface area contributed by atoms with Crippen molar-refractivity contribution in [3.05, 3.63) is 47.7 Å². The van der Waals surface area contributed by atoms with Crippen molar-refractivity contribution in [2.75, 3.05) is 13.2 Å². The Bertz CT molecular complexity index is 723. The van der Waals surface area contributed by atoms with Crippen LogP contribution >= 0.6 is 0 Å². The zero-order valence-corrected chi connectivity index (χ0v) is 12.6. The van der Waals surface area contributed by atoms with E-state index < -0.39 is 12.0 Å². The summed E-state index contributed by atoms with van der Waals surface area (Å²) in [5.74, 6) is 0.987. The van der Waals surface area contributed by atoms with Gasteiger partial charge in [-0.1, -0.05) is 18.2 Å². The van der Waals surface area contributed by atoms with Crippen molar-refractivity contribution in [1.82, 2.24) is 9.88 Å². The smallest absolute Gasteiger partial charge is 0.325 e. The number of carbonyl (C=O) groups is 1. The summed E-state index contributed by atoms with van der Waals surface area (Å²) in [6.45, 7) is 1.41. The van der Waals surface area contributed by atoms with Gasteiger partial charge in [-0.25, -0.2) is 4.98 Å². The van der Waals surface area contributed by atoms with E-state index in [-0.39, 0.29) is 0 Å². The van der Waals surface area contributed by atoms with Crippen LogP contribution in [0.25, 0.3) is 0 Å². The number of para-hydroxylation sites is 1. The Morgan fingerprint density at radius 3 is 2.96 bits per heavy atom. The van der Waals surface area contributed by atoms with E-state index in [1.165, 1.54) is 0 Å². The molecule has 1 atom stereocenters. The maximum Gasteiger partial charge on any atom is 0.325 e. The Kier molecular flexibility index (Phi) is 3.53. The summed E-state index contributed by atoms with van der Waals surface area (Å²) < 4.78 is 11.2. The topological polar surface area (TPSA) is 75.8 Å². The third kappa shape index (κ3) is 2.82. The molecular formula is C17H18N2O4. The third-order valence-electron chi connectivity index (χ3n) is 4.31. The molecule has 2 heterocycles. The quantitative estimate of drug-likeness (QED) is 0.935. The molecular weight excluding hydrogens is 296 g/mol. The zero-order valence-electron chi connectivity index (χ0n) is 12.6. The minimum absolute atomic E-state index is 0.435. The molecule has 2 aliphatic rings. The summed E-state index contributed by atoms with van der Waals surface area (Å²) in [6, 6.07) is 6.58. The fourth-order valence-corrected chi connectivity index (χ4v) is 3.02. The molecule has 6 heteroatoms. The number of ether oxygens (including phenoxy) is 1. The lowest BCUT2D eigenvalue weighted by Crippen LogP contribution is -2.34. The summed E-state index contributed by atoms with van der Waals surface area (Å²) in [5, 5.41) is 9.72. The minimum atomic E-state index is -0.881. The van der Waals surface area contributed by atoms with Gasteiger partial charge in [0.1, 0.15) is 24.7 Å². The van der Waals surface area contributed by atoms with Gasteiger partial charge < -0.3 is 14.3 Å². The lowest BCUT2D eigenvalue weighted by atomic mass is 10.0. The van der Waals surface area contributed by atoms with E-state index in [4.69, 9.17) is 9.15 Å². The van der Waals surface area contributed by atoms with E-state index >= 15 is 0 Å². The second-order valence-corrected chi connectivity index (χ2v) is 6.05. The molecule has 1 aliphatic carbocycles. The molecule has 4 rings (SSSR count). The maximum absolute atomic E-state index is 11.9. The van der Waals surface area contributed by atoms with Gasteiger partial charge in [0.15, 0.2) is 5.89 Å². The van der Waals surface area contributed by atoms with Crippen molar-refractivity contribution < 1.29 is 19.1 Å². The second-order valence-electron chi connectivity index (χ2n) is 6.05. The molecule has 0 saturated heterocycles. The van der Waals surface area contributed by atoms with E-state index in [9.17, 15) is 9.90 Å². The van der Waals surface area contributed by atoms with Gasteiger partial charge in [-0.15, -0.1) is 0 Å². The highest BCUT2D eigenvalue weighted by molar-refractivity contribution is 5.76. The molecule has 120 valence electrons. The number of aromatic nitrogens is 1. The molecule has 0 radical (unpaired) electrons. The average molecular weight is 314 g/mol. The van der Waals surface area contributed by atoms with Crippen LogP contribution in [0, 0.1) is 0 Å². The first kappa shape index (κ1) is 14.3. The Morgan fingerprint density at radius 2 is 2.17 bits per heavy atom. The lowest BCUT2D eigenvalue weighted by molar-refractivity contribution is -0.143. The lowest BCUT2D eigenvalue weighted by Gasteiger charge is -2.25. The molecule has 1 aromatic carbocycles. The van der Waals surface area contributed by atoms with Crippen LogP contribution in [0.5, 0.6) is 5.75 Å². The van der Waals surface area contributed by atoms with Crippen LogP contribution in [0.2, 0.25) is 0 Å². The SMILES string of the molecule is O=C(O)C1c2ccccc2OCCN1Cc1coc(C2CC2)n1. The Balaban J connectivity index is 1.61. The summed E-state index contributed by atoms with van der Waals surface area (Å²) in [4.78, 5) is 18.2. The minimum Gasteiger partial charge on any atom is -0.492 e. The molecule has 1 aromatic heterocycles. The van der Waals surface area contributed by atoms with Crippen LogP contribution in [0.1, 0.15) is 41.9 Å². The fraction of sp³-hybridized carbons (Fsp3) is 0.412. The summed E-state index contributed by atoms with van der Waals surface area (Å²) in [5.41, 5.74) is 1.46. The van der Waals surface area contributed by atoms with Gasteiger partial charge in [-0.2, -0.15) is 0 Å². The first-order valence-corrected chi connectivity index (χ1v) is 7.85. The average Bonchev–Trinajstić information content (AvgIpc) is 3.31. The van der Waals surface area contributed by atoms with Crippen molar-refractivity contribution in [3.8, 4) is 5.75 Å². The number of aliphatic carboxylic acids is 1. The molecule has 2 aromatic rings. The number of fused-ring (bicyclic) bond motifs is 1. The highest BCUT2D eigenvalue weighted by atomic mass is 16.5. The molecule has 0 bridgehead atoms. The van der Waals surface area contributed by atoms with E-state index in [0.717, 1.165) is 24.4 Å². The van der Waals surface area contributed by atoms with Gasteiger partial charge in [0.05, 0.1) is 5.69 Å². The predicted octanol–water partition coefficient (Wildman–Crippen LogP) is 2.57. The molecule has 1 N–H and O–H groups in total. The normalized spacial score (nSPS) is 21.3. The molecule has 1 saturated carbocycles. The standard InChI is InChI=1S/C17H18N2O4/c20-17(21)15-13-3-1-2-4-14(13)22-8-7-19(15)9-12-10-23-16(18-12)11-5-6-11/h1-4,10-11,15H,5-9H2,(H,20,21). The summed E-state index contributed by atoms with van der Waals surface area (Å²) >= 11 is 0. The highest BCUT2D eigenvalue weighted by Crippen LogP contribution is 2.39.